The van der Waals surface area contributed by atoms with Crippen LogP contribution >= 0.6 is 23.1 Å². The fourth-order valence-electron chi connectivity index (χ4n) is 3.38. The lowest BCUT2D eigenvalue weighted by atomic mass is 9.84. The van der Waals surface area contributed by atoms with E-state index in [1.807, 2.05) is 4.90 Å². The third-order valence-corrected chi connectivity index (χ3v) is 7.36. The second-order valence-electron chi connectivity index (χ2n) is 8.23. The zero-order valence-corrected chi connectivity index (χ0v) is 20.5. The third kappa shape index (κ3) is 6.30. The Morgan fingerprint density at radius 2 is 2.18 bits per heavy atom. The van der Waals surface area contributed by atoms with E-state index < -0.39 is 9.04 Å². The van der Waals surface area contributed by atoms with Crippen LogP contribution in [0.3, 0.4) is 0 Å². The van der Waals surface area contributed by atoms with Crippen LogP contribution in [0, 0.1) is 5.41 Å². The molecule has 6 nitrogen and oxygen atoms in total. The van der Waals surface area contributed by atoms with E-state index in [4.69, 9.17) is 9.16 Å². The van der Waals surface area contributed by atoms with Crippen LogP contribution in [0.2, 0.25) is 13.1 Å². The first-order chi connectivity index (χ1) is 13.1. The topological polar surface area (TPSA) is 68.7 Å². The van der Waals surface area contributed by atoms with Crippen LogP contribution in [0.15, 0.2) is 9.72 Å². The Morgan fingerprint density at radius 1 is 1.46 bits per heavy atom. The highest BCUT2D eigenvalue weighted by molar-refractivity contribution is 8.01. The SMILES string of the molecule is CCOC(=O)c1csc(SCCN2C(=O)CC[C@@H]2C(O[SiH](C)C)C(C)(C)C)n1. The summed E-state index contributed by atoms with van der Waals surface area (Å²) in [6.07, 6.45) is 1.51. The summed E-state index contributed by atoms with van der Waals surface area (Å²) in [7, 11) is -1.22. The maximum absolute atomic E-state index is 12.5. The first kappa shape index (κ1) is 23.4. The number of amides is 1. The Labute approximate surface area is 178 Å². The summed E-state index contributed by atoms with van der Waals surface area (Å²) in [5.74, 6) is 0.567. The highest BCUT2D eigenvalue weighted by atomic mass is 32.2. The molecule has 2 rings (SSSR count). The van der Waals surface area contributed by atoms with Crippen LogP contribution in [0.5, 0.6) is 0 Å². The molecular weight excluding hydrogens is 412 g/mol. The second kappa shape index (κ2) is 10.2. The van der Waals surface area contributed by atoms with Gasteiger partial charge in [-0.3, -0.25) is 4.79 Å². The van der Waals surface area contributed by atoms with E-state index in [2.05, 4.69) is 38.8 Å². The summed E-state index contributed by atoms with van der Waals surface area (Å²) in [6, 6.07) is 0.134. The molecule has 0 aromatic carbocycles. The van der Waals surface area contributed by atoms with Crippen molar-refractivity contribution in [3.05, 3.63) is 11.1 Å². The number of likely N-dealkylation sites (tertiary alicyclic amines) is 1. The summed E-state index contributed by atoms with van der Waals surface area (Å²) in [6.45, 7) is 13.7. The number of thiazole rings is 1. The van der Waals surface area contributed by atoms with Gasteiger partial charge in [0.15, 0.2) is 19.1 Å². The number of hydrogen-bond donors (Lipinski definition) is 0. The molecule has 2 atom stereocenters. The van der Waals surface area contributed by atoms with Gasteiger partial charge in [0.25, 0.3) is 0 Å². The van der Waals surface area contributed by atoms with Crippen molar-refractivity contribution in [2.24, 2.45) is 5.41 Å². The molecule has 9 heteroatoms. The van der Waals surface area contributed by atoms with Crippen molar-refractivity contribution in [1.82, 2.24) is 9.88 Å². The minimum absolute atomic E-state index is 0.0121. The number of thioether (sulfide) groups is 1. The van der Waals surface area contributed by atoms with E-state index in [0.717, 1.165) is 16.5 Å². The molecule has 1 aliphatic rings. The third-order valence-electron chi connectivity index (χ3n) is 4.52. The van der Waals surface area contributed by atoms with Crippen LogP contribution in [0.1, 0.15) is 51.0 Å². The number of hydrogen-bond acceptors (Lipinski definition) is 7. The number of carbonyl (C=O) groups excluding carboxylic acids is 2. The van der Waals surface area contributed by atoms with Crippen LogP contribution in [-0.4, -0.2) is 61.9 Å². The van der Waals surface area contributed by atoms with E-state index in [-0.39, 0.29) is 29.4 Å². The molecule has 1 aromatic heterocycles. The van der Waals surface area contributed by atoms with Gasteiger partial charge in [-0.2, -0.15) is 0 Å². The average Bonchev–Trinajstić information content (AvgIpc) is 3.20. The molecule has 0 radical (unpaired) electrons. The molecular formula is C19H32N2O4S2Si. The molecule has 0 saturated carbocycles. The lowest BCUT2D eigenvalue weighted by molar-refractivity contribution is -0.130. The summed E-state index contributed by atoms with van der Waals surface area (Å²) in [5.41, 5.74) is 0.342. The summed E-state index contributed by atoms with van der Waals surface area (Å²) in [4.78, 5) is 30.6. The van der Waals surface area contributed by atoms with Gasteiger partial charge in [0.1, 0.15) is 0 Å². The first-order valence-electron chi connectivity index (χ1n) is 9.83. The highest BCUT2D eigenvalue weighted by Crippen LogP contribution is 2.34. The van der Waals surface area contributed by atoms with Gasteiger partial charge >= 0.3 is 5.97 Å². The predicted octanol–water partition coefficient (Wildman–Crippen LogP) is 3.82. The first-order valence-corrected chi connectivity index (χ1v) is 14.5. The largest absolute Gasteiger partial charge is 0.461 e. The van der Waals surface area contributed by atoms with E-state index in [0.29, 0.717) is 25.3 Å². The van der Waals surface area contributed by atoms with E-state index in [1.165, 1.54) is 11.3 Å². The summed E-state index contributed by atoms with van der Waals surface area (Å²) < 4.78 is 12.2. The summed E-state index contributed by atoms with van der Waals surface area (Å²) >= 11 is 3.01. The van der Waals surface area contributed by atoms with Gasteiger partial charge in [0, 0.05) is 24.1 Å². The van der Waals surface area contributed by atoms with Gasteiger partial charge in [0.2, 0.25) is 5.91 Å². The van der Waals surface area contributed by atoms with Crippen molar-refractivity contribution in [2.75, 3.05) is 18.9 Å². The van der Waals surface area contributed by atoms with Crippen molar-refractivity contribution in [1.29, 1.82) is 0 Å². The highest BCUT2D eigenvalue weighted by Gasteiger charge is 2.42. The molecule has 1 aromatic rings. The van der Waals surface area contributed by atoms with Crippen molar-refractivity contribution in [3.8, 4) is 0 Å². The Kier molecular flexibility index (Phi) is 8.54. The maximum atomic E-state index is 12.5. The molecule has 0 aliphatic carbocycles. The zero-order valence-electron chi connectivity index (χ0n) is 17.7. The maximum Gasteiger partial charge on any atom is 0.357 e. The van der Waals surface area contributed by atoms with Crippen molar-refractivity contribution >= 4 is 44.0 Å². The Balaban J connectivity index is 1.97. The van der Waals surface area contributed by atoms with Gasteiger partial charge in [-0.25, -0.2) is 9.78 Å². The number of carbonyl (C=O) groups is 2. The van der Waals surface area contributed by atoms with Gasteiger partial charge in [0.05, 0.1) is 18.8 Å². The Bertz CT molecular complexity index is 675. The van der Waals surface area contributed by atoms with Crippen LogP contribution in [0.4, 0.5) is 0 Å². The standard InChI is InChI=1S/C19H32N2O4S2Si/c1-7-24-17(23)13-12-27-18(20-13)26-11-10-21-14(8-9-15(21)22)16(19(2,3)4)25-28(5)6/h12,14,16,28H,7-11H2,1-6H3/t14-,16?/m1/s1. The second-order valence-corrected chi connectivity index (χ2v) is 12.8. The molecule has 1 saturated heterocycles. The minimum atomic E-state index is -1.22. The molecule has 2 heterocycles. The number of rotatable bonds is 9. The quantitative estimate of drug-likeness (QED) is 0.328. The lowest BCUT2D eigenvalue weighted by Crippen LogP contribution is -2.50. The van der Waals surface area contributed by atoms with E-state index in [1.54, 1.807) is 24.1 Å². The Morgan fingerprint density at radius 3 is 2.79 bits per heavy atom. The fraction of sp³-hybridized carbons (Fsp3) is 0.737. The Hall–Kier alpha value is -0.903. The predicted molar refractivity (Wildman–Crippen MR) is 117 cm³/mol. The van der Waals surface area contributed by atoms with Crippen molar-refractivity contribution in [3.63, 3.8) is 0 Å². The molecule has 1 fully saturated rings. The minimum Gasteiger partial charge on any atom is -0.461 e. The summed E-state index contributed by atoms with van der Waals surface area (Å²) in [5, 5.41) is 1.72. The van der Waals surface area contributed by atoms with Crippen molar-refractivity contribution < 1.29 is 18.8 Å². The van der Waals surface area contributed by atoms with Gasteiger partial charge in [-0.05, 0) is 31.9 Å². The van der Waals surface area contributed by atoms with E-state index >= 15 is 0 Å². The van der Waals surface area contributed by atoms with Gasteiger partial charge in [-0.15, -0.1) is 11.3 Å². The average molecular weight is 445 g/mol. The van der Waals surface area contributed by atoms with Gasteiger partial charge < -0.3 is 14.1 Å². The monoisotopic (exact) mass is 444 g/mol. The smallest absolute Gasteiger partial charge is 0.357 e. The number of aromatic nitrogens is 1. The molecule has 0 spiro atoms. The number of nitrogens with zero attached hydrogens (tertiary/aromatic N) is 2. The molecule has 28 heavy (non-hydrogen) atoms. The molecule has 1 unspecified atom stereocenters. The zero-order chi connectivity index (χ0) is 20.9. The van der Waals surface area contributed by atoms with Gasteiger partial charge in [-0.1, -0.05) is 32.5 Å². The molecule has 0 bridgehead atoms. The number of esters is 1. The molecule has 158 valence electrons. The normalized spacial score (nSPS) is 18.8. The fourth-order valence-corrected chi connectivity index (χ4v) is 6.36. The van der Waals surface area contributed by atoms with Crippen LogP contribution in [-0.2, 0) is 14.0 Å². The van der Waals surface area contributed by atoms with Crippen LogP contribution in [0.25, 0.3) is 0 Å². The molecule has 1 aliphatic heterocycles. The number of ether oxygens (including phenoxy) is 1. The van der Waals surface area contributed by atoms with Crippen molar-refractivity contribution in [2.45, 2.75) is 70.1 Å². The molecule has 1 amide bonds. The molecule has 0 N–H and O–H groups in total. The lowest BCUT2D eigenvalue weighted by Gasteiger charge is -2.40. The van der Waals surface area contributed by atoms with E-state index in [9.17, 15) is 9.59 Å². The van der Waals surface area contributed by atoms with Crippen LogP contribution < -0.4 is 0 Å².